The van der Waals surface area contributed by atoms with Crippen LogP contribution in [0, 0.1) is 10.8 Å². The molecule has 0 saturated carbocycles. The van der Waals surface area contributed by atoms with Crippen molar-refractivity contribution in [3.05, 3.63) is 0 Å². The topological polar surface area (TPSA) is 61.4 Å². The van der Waals surface area contributed by atoms with Crippen LogP contribution in [0.4, 0.5) is 0 Å². The van der Waals surface area contributed by atoms with Gasteiger partial charge in [0.15, 0.2) is 0 Å². The van der Waals surface area contributed by atoms with Crippen molar-refractivity contribution in [2.24, 2.45) is 10.8 Å². The number of carbonyl (C=O) groups excluding carboxylic acids is 1. The average molecular weight is 272 g/mol. The number of aliphatic hydroxyl groups is 1. The maximum atomic E-state index is 11.7. The molecule has 0 bridgehead atoms. The van der Waals surface area contributed by atoms with Gasteiger partial charge in [0, 0.05) is 26.1 Å². The van der Waals surface area contributed by atoms with Gasteiger partial charge in [0.2, 0.25) is 5.91 Å². The lowest BCUT2D eigenvalue weighted by molar-refractivity contribution is -0.121. The maximum Gasteiger partial charge on any atom is 0.221 e. The first kappa shape index (κ1) is 18.4. The van der Waals surface area contributed by atoms with Crippen LogP contribution in [-0.4, -0.2) is 37.3 Å². The van der Waals surface area contributed by atoms with Crippen LogP contribution in [-0.2, 0) is 4.79 Å². The molecule has 114 valence electrons. The fourth-order valence-corrected chi connectivity index (χ4v) is 2.46. The molecule has 0 saturated heterocycles. The molecular weight excluding hydrogens is 240 g/mol. The highest BCUT2D eigenvalue weighted by Gasteiger charge is 2.25. The summed E-state index contributed by atoms with van der Waals surface area (Å²) in [5, 5.41) is 14.8. The molecule has 4 heteroatoms. The highest BCUT2D eigenvalue weighted by Crippen LogP contribution is 2.32. The van der Waals surface area contributed by atoms with Gasteiger partial charge in [0.25, 0.3) is 0 Å². The van der Waals surface area contributed by atoms with Crippen molar-refractivity contribution in [3.63, 3.8) is 0 Å². The van der Waals surface area contributed by atoms with E-state index in [-0.39, 0.29) is 23.3 Å². The zero-order valence-corrected chi connectivity index (χ0v) is 13.3. The van der Waals surface area contributed by atoms with Crippen LogP contribution in [0.25, 0.3) is 0 Å². The number of aliphatic hydroxyl groups excluding tert-OH is 1. The van der Waals surface area contributed by atoms with Crippen LogP contribution in [0.2, 0.25) is 0 Å². The van der Waals surface area contributed by atoms with Gasteiger partial charge in [-0.05, 0) is 30.2 Å². The third kappa shape index (κ3) is 12.2. The van der Waals surface area contributed by atoms with E-state index in [1.165, 1.54) is 0 Å². The molecule has 0 spiro atoms. The number of carbonyl (C=O) groups is 1. The van der Waals surface area contributed by atoms with Gasteiger partial charge in [-0.25, -0.2) is 0 Å². The van der Waals surface area contributed by atoms with E-state index in [9.17, 15) is 4.79 Å². The van der Waals surface area contributed by atoms with Gasteiger partial charge in [-0.1, -0.05) is 34.6 Å². The van der Waals surface area contributed by atoms with Crippen molar-refractivity contribution in [1.82, 2.24) is 10.6 Å². The fourth-order valence-electron chi connectivity index (χ4n) is 2.46. The van der Waals surface area contributed by atoms with Crippen LogP contribution >= 0.6 is 0 Å². The molecule has 0 fully saturated rings. The smallest absolute Gasteiger partial charge is 0.221 e. The molecule has 0 rings (SSSR count). The Morgan fingerprint density at radius 3 is 2.26 bits per heavy atom. The van der Waals surface area contributed by atoms with Crippen molar-refractivity contribution in [2.75, 3.05) is 26.2 Å². The molecule has 0 aromatic rings. The van der Waals surface area contributed by atoms with E-state index in [1.807, 2.05) is 0 Å². The van der Waals surface area contributed by atoms with Crippen LogP contribution in [0.1, 0.15) is 53.9 Å². The van der Waals surface area contributed by atoms with E-state index in [2.05, 4.69) is 45.3 Å². The predicted octanol–water partition coefficient (Wildman–Crippen LogP) is 1.93. The molecule has 0 aliphatic rings. The Morgan fingerprint density at radius 2 is 1.74 bits per heavy atom. The van der Waals surface area contributed by atoms with Gasteiger partial charge >= 0.3 is 0 Å². The quantitative estimate of drug-likeness (QED) is 0.562. The Morgan fingerprint density at radius 1 is 1.11 bits per heavy atom. The molecule has 0 aliphatic carbocycles. The summed E-state index contributed by atoms with van der Waals surface area (Å²) in [5.41, 5.74) is 0.401. The molecule has 1 amide bonds. The summed E-state index contributed by atoms with van der Waals surface area (Å²) >= 11 is 0. The predicted molar refractivity (Wildman–Crippen MR) is 80.1 cm³/mol. The van der Waals surface area contributed by atoms with Crippen molar-refractivity contribution < 1.29 is 9.90 Å². The molecule has 3 N–H and O–H groups in total. The first-order valence-corrected chi connectivity index (χ1v) is 7.25. The molecule has 0 atom stereocenters. The van der Waals surface area contributed by atoms with E-state index in [0.29, 0.717) is 13.0 Å². The van der Waals surface area contributed by atoms with Crippen molar-refractivity contribution in [3.8, 4) is 0 Å². The molecule has 0 aliphatic heterocycles. The molecule has 0 heterocycles. The van der Waals surface area contributed by atoms with E-state index in [0.717, 1.165) is 25.9 Å². The van der Waals surface area contributed by atoms with Crippen LogP contribution in [0.15, 0.2) is 0 Å². The van der Waals surface area contributed by atoms with Crippen LogP contribution in [0.3, 0.4) is 0 Å². The zero-order valence-electron chi connectivity index (χ0n) is 13.3. The lowest BCUT2D eigenvalue weighted by Gasteiger charge is -2.32. The van der Waals surface area contributed by atoms with Gasteiger partial charge in [0.05, 0.1) is 0 Å². The van der Waals surface area contributed by atoms with Crippen LogP contribution in [0.5, 0.6) is 0 Å². The van der Waals surface area contributed by atoms with Gasteiger partial charge in [0.1, 0.15) is 0 Å². The van der Waals surface area contributed by atoms with E-state index in [4.69, 9.17) is 5.11 Å². The number of hydrogen-bond donors (Lipinski definition) is 3. The highest BCUT2D eigenvalue weighted by atomic mass is 16.3. The lowest BCUT2D eigenvalue weighted by Crippen LogP contribution is -2.37. The first-order valence-electron chi connectivity index (χ1n) is 7.25. The molecule has 0 radical (unpaired) electrons. The molecule has 0 aromatic heterocycles. The second kappa shape index (κ2) is 8.54. The fraction of sp³-hybridized carbons (Fsp3) is 0.933. The highest BCUT2D eigenvalue weighted by molar-refractivity contribution is 5.76. The second-order valence-corrected chi connectivity index (χ2v) is 7.26. The minimum absolute atomic E-state index is 0.0958. The standard InChI is InChI=1S/C15H32N2O2/c1-14(2,3)11-15(4,5)12-17-13(19)7-9-16-8-6-10-18/h16,18H,6-12H2,1-5H3,(H,17,19). The summed E-state index contributed by atoms with van der Waals surface area (Å²) in [6, 6.07) is 0. The third-order valence-corrected chi connectivity index (χ3v) is 2.81. The number of amides is 1. The van der Waals surface area contributed by atoms with Gasteiger partial charge in [-0.15, -0.1) is 0 Å². The van der Waals surface area contributed by atoms with Crippen molar-refractivity contribution in [2.45, 2.75) is 53.9 Å². The molecule has 4 nitrogen and oxygen atoms in total. The Balaban J connectivity index is 3.77. The minimum atomic E-state index is 0.0958. The Hall–Kier alpha value is -0.610. The molecular formula is C15H32N2O2. The summed E-state index contributed by atoms with van der Waals surface area (Å²) in [5.74, 6) is 0.0958. The maximum absolute atomic E-state index is 11.7. The van der Waals surface area contributed by atoms with E-state index >= 15 is 0 Å². The van der Waals surface area contributed by atoms with Crippen LogP contribution < -0.4 is 10.6 Å². The Bertz CT molecular complexity index is 257. The van der Waals surface area contributed by atoms with Gasteiger partial charge < -0.3 is 15.7 Å². The third-order valence-electron chi connectivity index (χ3n) is 2.81. The molecule has 0 unspecified atom stereocenters. The number of nitrogens with one attached hydrogen (secondary N) is 2. The van der Waals surface area contributed by atoms with E-state index < -0.39 is 0 Å². The largest absolute Gasteiger partial charge is 0.396 e. The monoisotopic (exact) mass is 272 g/mol. The van der Waals surface area contributed by atoms with Gasteiger partial charge in [-0.2, -0.15) is 0 Å². The second-order valence-electron chi connectivity index (χ2n) is 7.26. The molecule has 0 aromatic carbocycles. The Kier molecular flexibility index (Phi) is 8.26. The normalized spacial score (nSPS) is 12.5. The summed E-state index contributed by atoms with van der Waals surface area (Å²) < 4.78 is 0. The summed E-state index contributed by atoms with van der Waals surface area (Å²) in [6.45, 7) is 13.4. The Labute approximate surface area is 118 Å². The first-order chi connectivity index (χ1) is 8.66. The summed E-state index contributed by atoms with van der Waals surface area (Å²) in [7, 11) is 0. The average Bonchev–Trinajstić information content (AvgIpc) is 2.23. The zero-order chi connectivity index (χ0) is 14.9. The van der Waals surface area contributed by atoms with Crippen molar-refractivity contribution >= 4 is 5.91 Å². The van der Waals surface area contributed by atoms with E-state index in [1.54, 1.807) is 0 Å². The minimum Gasteiger partial charge on any atom is -0.396 e. The van der Waals surface area contributed by atoms with Gasteiger partial charge in [-0.3, -0.25) is 4.79 Å². The SMILES string of the molecule is CC(C)(C)CC(C)(C)CNC(=O)CCNCCCO. The summed E-state index contributed by atoms with van der Waals surface area (Å²) in [4.78, 5) is 11.7. The molecule has 19 heavy (non-hydrogen) atoms. The number of rotatable bonds is 9. The lowest BCUT2D eigenvalue weighted by atomic mass is 9.76. The summed E-state index contributed by atoms with van der Waals surface area (Å²) in [6.07, 6.45) is 2.31. The number of hydrogen-bond acceptors (Lipinski definition) is 3. The van der Waals surface area contributed by atoms with Crippen molar-refractivity contribution in [1.29, 1.82) is 0 Å².